The van der Waals surface area contributed by atoms with Crippen LogP contribution >= 0.6 is 15.9 Å². The van der Waals surface area contributed by atoms with E-state index in [0.29, 0.717) is 29.5 Å². The second-order valence-corrected chi connectivity index (χ2v) is 7.69. The van der Waals surface area contributed by atoms with Gasteiger partial charge in [0.15, 0.2) is 11.5 Å². The Morgan fingerprint density at radius 1 is 1.00 bits per heavy atom. The summed E-state index contributed by atoms with van der Waals surface area (Å²) in [5.74, 6) is 1.53. The number of halogens is 1. The molecule has 1 amide bonds. The minimum absolute atomic E-state index is 0.261. The minimum atomic E-state index is -0.261. The fourth-order valence-corrected chi connectivity index (χ4v) is 3.55. The highest BCUT2D eigenvalue weighted by molar-refractivity contribution is 9.10. The number of nitrogens with one attached hydrogen (secondary N) is 1. The lowest BCUT2D eigenvalue weighted by molar-refractivity contribution is -0.111. The zero-order valence-corrected chi connectivity index (χ0v) is 19.2. The summed E-state index contributed by atoms with van der Waals surface area (Å²) in [6, 6.07) is 19.2. The Morgan fingerprint density at radius 3 is 2.45 bits per heavy atom. The lowest BCUT2D eigenvalue weighted by Crippen LogP contribution is -2.09. The van der Waals surface area contributed by atoms with Gasteiger partial charge >= 0.3 is 0 Å². The van der Waals surface area contributed by atoms with E-state index in [0.717, 1.165) is 21.2 Å². The van der Waals surface area contributed by atoms with Crippen molar-refractivity contribution >= 4 is 33.6 Å². The number of amides is 1. The summed E-state index contributed by atoms with van der Waals surface area (Å²) >= 11 is 3.54. The van der Waals surface area contributed by atoms with Gasteiger partial charge in [0.2, 0.25) is 5.91 Å². The van der Waals surface area contributed by atoms with Gasteiger partial charge in [-0.05, 0) is 69.9 Å². The minimum Gasteiger partial charge on any atom is -0.495 e. The lowest BCUT2D eigenvalue weighted by atomic mass is 10.1. The second-order valence-electron chi connectivity index (χ2n) is 6.83. The molecule has 0 bridgehead atoms. The van der Waals surface area contributed by atoms with Crippen LogP contribution in [0, 0.1) is 6.92 Å². The van der Waals surface area contributed by atoms with Gasteiger partial charge in [-0.15, -0.1) is 0 Å². The van der Waals surface area contributed by atoms with Crippen molar-refractivity contribution in [2.45, 2.75) is 13.5 Å². The second kappa shape index (κ2) is 10.7. The molecular weight excluding hydrogens is 458 g/mol. The molecule has 6 heteroatoms. The monoisotopic (exact) mass is 481 g/mol. The Kier molecular flexibility index (Phi) is 7.73. The molecular formula is C25H24BrNO4. The SMILES string of the molecule is COc1ccc(C)cc1NC(=O)C=Cc1cc(Br)c(OCc2ccccc2)c(OC)c1. The third-order valence-corrected chi connectivity index (χ3v) is 5.11. The summed E-state index contributed by atoms with van der Waals surface area (Å²) < 4.78 is 17.5. The number of hydrogen-bond donors (Lipinski definition) is 1. The topological polar surface area (TPSA) is 56.8 Å². The first kappa shape index (κ1) is 22.4. The molecule has 0 atom stereocenters. The van der Waals surface area contributed by atoms with Crippen molar-refractivity contribution < 1.29 is 19.0 Å². The molecule has 1 N–H and O–H groups in total. The molecule has 0 aliphatic rings. The molecule has 0 saturated heterocycles. The van der Waals surface area contributed by atoms with Crippen LogP contribution in [0.15, 0.2) is 71.2 Å². The molecule has 31 heavy (non-hydrogen) atoms. The van der Waals surface area contributed by atoms with Crippen molar-refractivity contribution in [3.8, 4) is 17.2 Å². The first-order valence-corrected chi connectivity index (χ1v) is 10.5. The average Bonchev–Trinajstić information content (AvgIpc) is 2.77. The zero-order valence-electron chi connectivity index (χ0n) is 17.6. The Bertz CT molecular complexity index is 1080. The van der Waals surface area contributed by atoms with Gasteiger partial charge in [0, 0.05) is 6.08 Å². The van der Waals surface area contributed by atoms with Crippen molar-refractivity contribution in [2.24, 2.45) is 0 Å². The van der Waals surface area contributed by atoms with E-state index in [9.17, 15) is 4.79 Å². The highest BCUT2D eigenvalue weighted by atomic mass is 79.9. The molecule has 0 unspecified atom stereocenters. The maximum Gasteiger partial charge on any atom is 0.248 e. The summed E-state index contributed by atoms with van der Waals surface area (Å²) in [5.41, 5.74) is 3.51. The van der Waals surface area contributed by atoms with Crippen LogP contribution in [0.3, 0.4) is 0 Å². The van der Waals surface area contributed by atoms with E-state index in [1.807, 2.05) is 67.6 Å². The molecule has 5 nitrogen and oxygen atoms in total. The molecule has 0 aliphatic heterocycles. The highest BCUT2D eigenvalue weighted by Crippen LogP contribution is 2.37. The number of benzene rings is 3. The smallest absolute Gasteiger partial charge is 0.248 e. The van der Waals surface area contributed by atoms with Gasteiger partial charge in [0.25, 0.3) is 0 Å². The van der Waals surface area contributed by atoms with Crippen molar-refractivity contribution in [1.82, 2.24) is 0 Å². The van der Waals surface area contributed by atoms with Crippen molar-refractivity contribution in [3.63, 3.8) is 0 Å². The van der Waals surface area contributed by atoms with Crippen LogP contribution in [0.25, 0.3) is 6.08 Å². The van der Waals surface area contributed by atoms with Crippen molar-refractivity contribution in [1.29, 1.82) is 0 Å². The number of carbonyl (C=O) groups excluding carboxylic acids is 1. The maximum atomic E-state index is 12.4. The Hall–Kier alpha value is -3.25. The van der Waals surface area contributed by atoms with Crippen molar-refractivity contribution in [2.75, 3.05) is 19.5 Å². The molecule has 0 aliphatic carbocycles. The van der Waals surface area contributed by atoms with Crippen LogP contribution in [0.4, 0.5) is 5.69 Å². The van der Waals surface area contributed by atoms with Crippen molar-refractivity contribution in [3.05, 3.63) is 87.9 Å². The summed E-state index contributed by atoms with van der Waals surface area (Å²) in [6.45, 7) is 2.38. The molecule has 160 valence electrons. The van der Waals surface area contributed by atoms with Gasteiger partial charge in [0.1, 0.15) is 12.4 Å². The quantitative estimate of drug-likeness (QED) is 0.400. The maximum absolute atomic E-state index is 12.4. The van der Waals surface area contributed by atoms with Crippen LogP contribution in [0.2, 0.25) is 0 Å². The van der Waals surface area contributed by atoms with Crippen LogP contribution in [0.1, 0.15) is 16.7 Å². The molecule has 0 fully saturated rings. The van der Waals surface area contributed by atoms with Crippen LogP contribution < -0.4 is 19.5 Å². The molecule has 0 spiro atoms. The van der Waals surface area contributed by atoms with E-state index in [-0.39, 0.29) is 5.91 Å². The van der Waals surface area contributed by atoms with E-state index >= 15 is 0 Å². The molecule has 3 rings (SSSR count). The van der Waals surface area contributed by atoms with Crippen LogP contribution in [0.5, 0.6) is 17.2 Å². The summed E-state index contributed by atoms with van der Waals surface area (Å²) in [7, 11) is 3.16. The molecule has 0 heterocycles. The summed E-state index contributed by atoms with van der Waals surface area (Å²) in [5, 5.41) is 2.85. The van der Waals surface area contributed by atoms with E-state index in [4.69, 9.17) is 14.2 Å². The van der Waals surface area contributed by atoms with Gasteiger partial charge in [0.05, 0.1) is 24.4 Å². The number of hydrogen-bond acceptors (Lipinski definition) is 4. The number of ether oxygens (including phenoxy) is 3. The van der Waals surface area contributed by atoms with E-state index in [2.05, 4.69) is 21.2 Å². The van der Waals surface area contributed by atoms with E-state index in [1.165, 1.54) is 6.08 Å². The fourth-order valence-electron chi connectivity index (χ4n) is 2.97. The van der Waals surface area contributed by atoms with Gasteiger partial charge in [-0.2, -0.15) is 0 Å². The number of rotatable bonds is 8. The van der Waals surface area contributed by atoms with Crippen LogP contribution in [-0.4, -0.2) is 20.1 Å². The molecule has 3 aromatic carbocycles. The molecule has 3 aromatic rings. The van der Waals surface area contributed by atoms with Gasteiger partial charge in [-0.1, -0.05) is 36.4 Å². The number of anilines is 1. The van der Waals surface area contributed by atoms with Gasteiger partial charge in [-0.25, -0.2) is 0 Å². The largest absolute Gasteiger partial charge is 0.495 e. The number of carbonyl (C=O) groups is 1. The Balaban J connectivity index is 1.72. The molecule has 0 saturated carbocycles. The van der Waals surface area contributed by atoms with Gasteiger partial charge < -0.3 is 19.5 Å². The molecule has 0 aromatic heterocycles. The summed E-state index contributed by atoms with van der Waals surface area (Å²) in [4.78, 5) is 12.4. The Morgan fingerprint density at radius 2 is 1.74 bits per heavy atom. The van der Waals surface area contributed by atoms with Crippen LogP contribution in [-0.2, 0) is 11.4 Å². The van der Waals surface area contributed by atoms with E-state index in [1.54, 1.807) is 20.3 Å². The fraction of sp³-hybridized carbons (Fsp3) is 0.160. The number of aryl methyl sites for hydroxylation is 1. The predicted molar refractivity (Wildman–Crippen MR) is 127 cm³/mol. The van der Waals surface area contributed by atoms with Gasteiger partial charge in [-0.3, -0.25) is 4.79 Å². The third-order valence-electron chi connectivity index (χ3n) is 4.52. The standard InChI is InChI=1S/C25H24BrNO4/c1-17-9-11-22(29-2)21(13-17)27-24(28)12-10-19-14-20(26)25(23(15-19)30-3)31-16-18-7-5-4-6-8-18/h4-15H,16H2,1-3H3,(H,27,28). The average molecular weight is 482 g/mol. The Labute approximate surface area is 190 Å². The third kappa shape index (κ3) is 6.12. The molecule has 0 radical (unpaired) electrons. The summed E-state index contributed by atoms with van der Waals surface area (Å²) in [6.07, 6.45) is 3.18. The first-order valence-electron chi connectivity index (χ1n) is 9.68. The lowest BCUT2D eigenvalue weighted by Gasteiger charge is -2.13. The number of methoxy groups -OCH3 is 2. The van der Waals surface area contributed by atoms with E-state index < -0.39 is 0 Å². The highest BCUT2D eigenvalue weighted by Gasteiger charge is 2.12. The predicted octanol–water partition coefficient (Wildman–Crippen LogP) is 6.01. The normalized spacial score (nSPS) is 10.7. The zero-order chi connectivity index (χ0) is 22.2. The first-order chi connectivity index (χ1) is 15.0.